The summed E-state index contributed by atoms with van der Waals surface area (Å²) in [7, 11) is -3.88. The van der Waals surface area contributed by atoms with Crippen LogP contribution in [0.15, 0.2) is 77.7 Å². The number of hydrogen-bond donors (Lipinski definition) is 2. The molecule has 0 unspecified atom stereocenters. The zero-order chi connectivity index (χ0) is 19.4. The van der Waals surface area contributed by atoms with Gasteiger partial charge in [-0.2, -0.15) is 0 Å². The lowest BCUT2D eigenvalue weighted by atomic mass is 10.2. The Balaban J connectivity index is 1.81. The highest BCUT2D eigenvalue weighted by Gasteiger charge is 2.16. The molecule has 5 nitrogen and oxygen atoms in total. The number of benzene rings is 3. The van der Waals surface area contributed by atoms with Gasteiger partial charge in [0, 0.05) is 16.4 Å². The number of amides is 1. The first-order valence-corrected chi connectivity index (χ1v) is 9.65. The number of rotatable bonds is 5. The van der Waals surface area contributed by atoms with E-state index in [0.717, 1.165) is 0 Å². The zero-order valence-electron chi connectivity index (χ0n) is 13.8. The van der Waals surface area contributed by atoms with Crippen molar-refractivity contribution in [2.75, 3.05) is 10.0 Å². The first-order chi connectivity index (χ1) is 12.8. The Morgan fingerprint density at radius 2 is 1.59 bits per heavy atom. The molecule has 2 N–H and O–H groups in total. The van der Waals surface area contributed by atoms with Crippen molar-refractivity contribution in [2.45, 2.75) is 4.90 Å². The van der Waals surface area contributed by atoms with Crippen LogP contribution in [0.1, 0.15) is 10.4 Å². The molecule has 0 spiro atoms. The summed E-state index contributed by atoms with van der Waals surface area (Å²) in [6, 6.07) is 17.4. The highest BCUT2D eigenvalue weighted by atomic mass is 35.5. The summed E-state index contributed by atoms with van der Waals surface area (Å²) in [6.07, 6.45) is 0. The van der Waals surface area contributed by atoms with Crippen LogP contribution in [0.3, 0.4) is 0 Å². The van der Waals surface area contributed by atoms with Gasteiger partial charge in [0.05, 0.1) is 10.5 Å². The van der Waals surface area contributed by atoms with E-state index in [9.17, 15) is 17.6 Å². The summed E-state index contributed by atoms with van der Waals surface area (Å²) in [5, 5.41) is 2.98. The van der Waals surface area contributed by atoms with E-state index in [4.69, 9.17) is 11.6 Å². The first kappa shape index (κ1) is 18.9. The molecule has 138 valence electrons. The van der Waals surface area contributed by atoms with Gasteiger partial charge in [-0.15, -0.1) is 0 Å². The van der Waals surface area contributed by atoms with Gasteiger partial charge >= 0.3 is 0 Å². The summed E-state index contributed by atoms with van der Waals surface area (Å²) in [5.74, 6) is -1.34. The van der Waals surface area contributed by atoms with Crippen LogP contribution >= 0.6 is 11.6 Å². The standard InChI is InChI=1S/C19H14ClFN2O3S/c20-13-8-10-14(11-9-13)23-27(25,26)16-5-3-4-15(12-16)22-19(24)17-6-1-2-7-18(17)21/h1-12,23H,(H,22,24). The minimum absolute atomic E-state index is 0.0521. The van der Waals surface area contributed by atoms with Crippen molar-refractivity contribution in [3.63, 3.8) is 0 Å². The largest absolute Gasteiger partial charge is 0.322 e. The average Bonchev–Trinajstić information content (AvgIpc) is 2.64. The summed E-state index contributed by atoms with van der Waals surface area (Å²) in [6.45, 7) is 0. The average molecular weight is 405 g/mol. The summed E-state index contributed by atoms with van der Waals surface area (Å²) in [5.41, 5.74) is 0.437. The molecule has 0 saturated heterocycles. The molecule has 3 rings (SSSR count). The Bertz CT molecular complexity index is 1090. The van der Waals surface area contributed by atoms with E-state index >= 15 is 0 Å². The van der Waals surface area contributed by atoms with E-state index in [1.54, 1.807) is 12.1 Å². The number of carbonyl (C=O) groups is 1. The van der Waals surface area contributed by atoms with Crippen LogP contribution in [-0.2, 0) is 10.0 Å². The van der Waals surface area contributed by atoms with Crippen LogP contribution in [0.25, 0.3) is 0 Å². The van der Waals surface area contributed by atoms with Crippen molar-refractivity contribution in [1.82, 2.24) is 0 Å². The van der Waals surface area contributed by atoms with Crippen LogP contribution < -0.4 is 10.0 Å². The second-order valence-corrected chi connectivity index (χ2v) is 7.69. The molecule has 0 saturated carbocycles. The van der Waals surface area contributed by atoms with Gasteiger partial charge < -0.3 is 5.32 Å². The predicted molar refractivity (Wildman–Crippen MR) is 103 cm³/mol. The Morgan fingerprint density at radius 3 is 2.30 bits per heavy atom. The van der Waals surface area contributed by atoms with Crippen molar-refractivity contribution in [3.05, 3.63) is 89.2 Å². The third kappa shape index (κ3) is 4.64. The Labute approximate surface area is 160 Å². The maximum absolute atomic E-state index is 13.7. The fourth-order valence-electron chi connectivity index (χ4n) is 2.32. The number of halogens is 2. The van der Waals surface area contributed by atoms with Gasteiger partial charge in [-0.05, 0) is 54.6 Å². The Hall–Kier alpha value is -2.90. The van der Waals surface area contributed by atoms with E-state index < -0.39 is 21.7 Å². The highest BCUT2D eigenvalue weighted by molar-refractivity contribution is 7.92. The molecule has 0 radical (unpaired) electrons. The SMILES string of the molecule is O=C(Nc1cccc(S(=O)(=O)Nc2ccc(Cl)cc2)c1)c1ccccc1F. The van der Waals surface area contributed by atoms with Crippen LogP contribution in [0.5, 0.6) is 0 Å². The topological polar surface area (TPSA) is 75.3 Å². The van der Waals surface area contributed by atoms with E-state index in [0.29, 0.717) is 10.7 Å². The molecular formula is C19H14ClFN2O3S. The van der Waals surface area contributed by atoms with Gasteiger partial charge in [-0.25, -0.2) is 12.8 Å². The molecule has 0 aliphatic heterocycles. The molecule has 0 atom stereocenters. The maximum atomic E-state index is 13.7. The highest BCUT2D eigenvalue weighted by Crippen LogP contribution is 2.21. The fourth-order valence-corrected chi connectivity index (χ4v) is 3.55. The number of sulfonamides is 1. The van der Waals surface area contributed by atoms with Gasteiger partial charge in [-0.3, -0.25) is 9.52 Å². The molecule has 0 fully saturated rings. The molecule has 3 aromatic carbocycles. The summed E-state index contributed by atoms with van der Waals surface area (Å²) >= 11 is 5.79. The number of carbonyl (C=O) groups excluding carboxylic acids is 1. The Kier molecular flexibility index (Phi) is 5.43. The minimum atomic E-state index is -3.88. The molecule has 8 heteroatoms. The number of nitrogens with one attached hydrogen (secondary N) is 2. The lowest BCUT2D eigenvalue weighted by Crippen LogP contribution is -2.15. The molecule has 0 aromatic heterocycles. The van der Waals surface area contributed by atoms with Gasteiger partial charge in [0.1, 0.15) is 5.82 Å². The van der Waals surface area contributed by atoms with Gasteiger partial charge in [-0.1, -0.05) is 29.8 Å². The van der Waals surface area contributed by atoms with Crippen LogP contribution in [0, 0.1) is 5.82 Å². The molecule has 1 amide bonds. The molecular weight excluding hydrogens is 391 g/mol. The van der Waals surface area contributed by atoms with Crippen LogP contribution in [0.4, 0.5) is 15.8 Å². The van der Waals surface area contributed by atoms with Crippen molar-refractivity contribution in [1.29, 1.82) is 0 Å². The van der Waals surface area contributed by atoms with E-state index in [1.165, 1.54) is 60.7 Å². The van der Waals surface area contributed by atoms with Gasteiger partial charge in [0.25, 0.3) is 15.9 Å². The van der Waals surface area contributed by atoms with E-state index in [2.05, 4.69) is 10.0 Å². The fraction of sp³-hybridized carbons (Fsp3) is 0. The smallest absolute Gasteiger partial charge is 0.261 e. The lowest BCUT2D eigenvalue weighted by Gasteiger charge is -2.10. The first-order valence-electron chi connectivity index (χ1n) is 7.79. The molecule has 0 heterocycles. The monoisotopic (exact) mass is 404 g/mol. The minimum Gasteiger partial charge on any atom is -0.322 e. The maximum Gasteiger partial charge on any atom is 0.261 e. The zero-order valence-corrected chi connectivity index (χ0v) is 15.4. The molecule has 0 aliphatic carbocycles. The van der Waals surface area contributed by atoms with Crippen LogP contribution in [0.2, 0.25) is 5.02 Å². The Morgan fingerprint density at radius 1 is 0.889 bits per heavy atom. The quantitative estimate of drug-likeness (QED) is 0.655. The van der Waals surface area contributed by atoms with Gasteiger partial charge in [0.15, 0.2) is 0 Å². The summed E-state index contributed by atoms with van der Waals surface area (Å²) in [4.78, 5) is 12.1. The third-order valence-corrected chi connectivity index (χ3v) is 5.25. The molecule has 27 heavy (non-hydrogen) atoms. The lowest BCUT2D eigenvalue weighted by molar-refractivity contribution is 0.102. The number of anilines is 2. The van der Waals surface area contributed by atoms with E-state index in [-0.39, 0.29) is 16.1 Å². The van der Waals surface area contributed by atoms with Crippen molar-refractivity contribution in [2.24, 2.45) is 0 Å². The molecule has 0 aliphatic rings. The van der Waals surface area contributed by atoms with Crippen molar-refractivity contribution >= 4 is 38.9 Å². The van der Waals surface area contributed by atoms with Crippen LogP contribution in [-0.4, -0.2) is 14.3 Å². The summed E-state index contributed by atoms with van der Waals surface area (Å²) < 4.78 is 41.2. The third-order valence-electron chi connectivity index (χ3n) is 3.62. The number of hydrogen-bond acceptors (Lipinski definition) is 3. The molecule has 3 aromatic rings. The van der Waals surface area contributed by atoms with Crippen molar-refractivity contribution in [3.8, 4) is 0 Å². The van der Waals surface area contributed by atoms with E-state index in [1.807, 2.05) is 0 Å². The second kappa shape index (κ2) is 7.77. The van der Waals surface area contributed by atoms with Gasteiger partial charge in [0.2, 0.25) is 0 Å². The second-order valence-electron chi connectivity index (χ2n) is 5.57. The predicted octanol–water partition coefficient (Wildman–Crippen LogP) is 4.53. The normalized spacial score (nSPS) is 11.0. The molecule has 0 bridgehead atoms. The van der Waals surface area contributed by atoms with Crippen molar-refractivity contribution < 1.29 is 17.6 Å².